The second-order valence-electron chi connectivity index (χ2n) is 7.04. The third-order valence-corrected chi connectivity index (χ3v) is 7.29. The number of carbonyl (C=O) groups excluding carboxylic acids is 1. The van der Waals surface area contributed by atoms with E-state index in [0.29, 0.717) is 39.1 Å². The van der Waals surface area contributed by atoms with Crippen molar-refractivity contribution in [3.8, 4) is 17.2 Å². The standard InChI is InChI=1S/C23H25ClN2O6S/c1-5-11-26-18-14-21(31-4)20(30-3)13-16(18)15(2)22(33(26,28)29)23(27)25-10-12-32-19-9-7-6-8-17(19)24/h5-9,13-14H,1,10-12H2,2-4H3,(H,25,27). The van der Waals surface area contributed by atoms with Crippen molar-refractivity contribution < 1.29 is 27.4 Å². The minimum atomic E-state index is -4.16. The fourth-order valence-corrected chi connectivity index (χ4v) is 5.42. The number of hydrogen-bond donors (Lipinski definition) is 1. The zero-order valence-electron chi connectivity index (χ0n) is 18.6. The Morgan fingerprint density at radius 2 is 1.82 bits per heavy atom. The van der Waals surface area contributed by atoms with Crippen molar-refractivity contribution in [1.29, 1.82) is 0 Å². The van der Waals surface area contributed by atoms with Crippen molar-refractivity contribution in [2.75, 3.05) is 38.2 Å². The summed E-state index contributed by atoms with van der Waals surface area (Å²) in [5.74, 6) is 0.533. The predicted molar refractivity (Wildman–Crippen MR) is 129 cm³/mol. The summed E-state index contributed by atoms with van der Waals surface area (Å²) in [6.07, 6.45) is 1.45. The molecular formula is C23H25ClN2O6S. The molecule has 33 heavy (non-hydrogen) atoms. The Balaban J connectivity index is 1.91. The number of benzene rings is 2. The highest BCUT2D eigenvalue weighted by atomic mass is 35.5. The molecule has 0 unspecified atom stereocenters. The molecule has 2 aromatic carbocycles. The van der Waals surface area contributed by atoms with Crippen LogP contribution in [0.5, 0.6) is 17.2 Å². The number of ether oxygens (including phenoxy) is 3. The Hall–Kier alpha value is -3.17. The van der Waals surface area contributed by atoms with Crippen LogP contribution < -0.4 is 23.8 Å². The Morgan fingerprint density at radius 1 is 1.15 bits per heavy atom. The van der Waals surface area contributed by atoms with Crippen molar-refractivity contribution in [1.82, 2.24) is 5.32 Å². The topological polar surface area (TPSA) is 94.2 Å². The molecule has 1 N–H and O–H groups in total. The van der Waals surface area contributed by atoms with Crippen LogP contribution in [0.15, 0.2) is 54.0 Å². The Kier molecular flexibility index (Phi) is 7.55. The lowest BCUT2D eigenvalue weighted by atomic mass is 10.0. The van der Waals surface area contributed by atoms with Crippen LogP contribution in [0, 0.1) is 0 Å². The van der Waals surface area contributed by atoms with Gasteiger partial charge in [0.1, 0.15) is 12.4 Å². The molecule has 1 aliphatic heterocycles. The molecule has 3 rings (SSSR count). The van der Waals surface area contributed by atoms with Crippen molar-refractivity contribution in [2.24, 2.45) is 0 Å². The van der Waals surface area contributed by atoms with Crippen LogP contribution in [-0.4, -0.2) is 48.2 Å². The van der Waals surface area contributed by atoms with Gasteiger partial charge < -0.3 is 19.5 Å². The number of rotatable bonds is 9. The third kappa shape index (κ3) is 4.79. The summed E-state index contributed by atoms with van der Waals surface area (Å²) in [6.45, 7) is 5.40. The molecule has 0 aromatic heterocycles. The van der Waals surface area contributed by atoms with E-state index >= 15 is 0 Å². The van der Waals surface area contributed by atoms with Gasteiger partial charge in [0.05, 0.1) is 38.0 Å². The molecule has 0 saturated heterocycles. The fourth-order valence-electron chi connectivity index (χ4n) is 3.50. The van der Waals surface area contributed by atoms with Gasteiger partial charge in [0.25, 0.3) is 15.9 Å². The highest BCUT2D eigenvalue weighted by Crippen LogP contribution is 2.44. The summed E-state index contributed by atoms with van der Waals surface area (Å²) in [7, 11) is -1.21. The molecule has 0 radical (unpaired) electrons. The van der Waals surface area contributed by atoms with E-state index < -0.39 is 15.9 Å². The molecule has 0 bridgehead atoms. The van der Waals surface area contributed by atoms with Crippen LogP contribution in [0.1, 0.15) is 12.5 Å². The molecule has 2 aromatic rings. The first kappa shape index (κ1) is 24.5. The van der Waals surface area contributed by atoms with Crippen LogP contribution in [0.3, 0.4) is 0 Å². The highest BCUT2D eigenvalue weighted by molar-refractivity contribution is 7.97. The highest BCUT2D eigenvalue weighted by Gasteiger charge is 2.39. The zero-order chi connectivity index (χ0) is 24.2. The molecule has 1 aliphatic rings. The minimum absolute atomic E-state index is 0.0233. The number of halogens is 1. The van der Waals surface area contributed by atoms with Gasteiger partial charge in [-0.3, -0.25) is 9.10 Å². The van der Waals surface area contributed by atoms with E-state index in [1.54, 1.807) is 43.3 Å². The summed E-state index contributed by atoms with van der Waals surface area (Å²) >= 11 is 6.05. The van der Waals surface area contributed by atoms with Gasteiger partial charge >= 0.3 is 0 Å². The largest absolute Gasteiger partial charge is 0.493 e. The first-order valence-corrected chi connectivity index (χ1v) is 11.8. The van der Waals surface area contributed by atoms with E-state index in [9.17, 15) is 13.2 Å². The average Bonchev–Trinajstić information content (AvgIpc) is 2.79. The van der Waals surface area contributed by atoms with Gasteiger partial charge in [-0.1, -0.05) is 29.8 Å². The van der Waals surface area contributed by atoms with E-state index in [1.807, 2.05) is 0 Å². The van der Waals surface area contributed by atoms with Gasteiger partial charge in [0.2, 0.25) is 0 Å². The lowest BCUT2D eigenvalue weighted by Crippen LogP contribution is -2.42. The molecule has 1 heterocycles. The van der Waals surface area contributed by atoms with E-state index in [1.165, 1.54) is 20.3 Å². The average molecular weight is 493 g/mol. The molecule has 0 saturated carbocycles. The number of allylic oxidation sites excluding steroid dienone is 1. The predicted octanol–water partition coefficient (Wildman–Crippen LogP) is 3.62. The van der Waals surface area contributed by atoms with Crippen LogP contribution in [0.2, 0.25) is 5.02 Å². The van der Waals surface area contributed by atoms with Crippen molar-refractivity contribution in [3.63, 3.8) is 0 Å². The zero-order valence-corrected chi connectivity index (χ0v) is 20.1. The molecule has 0 spiro atoms. The minimum Gasteiger partial charge on any atom is -0.493 e. The SMILES string of the molecule is C=CCN1c2cc(OC)c(OC)cc2C(C)=C(C(=O)NCCOc2ccccc2Cl)S1(=O)=O. The Bertz CT molecular complexity index is 1210. The summed E-state index contributed by atoms with van der Waals surface area (Å²) < 4.78 is 44.2. The van der Waals surface area contributed by atoms with E-state index in [-0.39, 0.29) is 24.6 Å². The number of sulfonamides is 1. The smallest absolute Gasteiger partial charge is 0.270 e. The van der Waals surface area contributed by atoms with E-state index in [4.69, 9.17) is 25.8 Å². The van der Waals surface area contributed by atoms with Crippen LogP contribution in [-0.2, 0) is 14.8 Å². The fraction of sp³-hybridized carbons (Fsp3) is 0.261. The number of anilines is 1. The molecule has 10 heteroatoms. The van der Waals surface area contributed by atoms with E-state index in [2.05, 4.69) is 11.9 Å². The van der Waals surface area contributed by atoms with E-state index in [0.717, 1.165) is 4.31 Å². The number of nitrogens with one attached hydrogen (secondary N) is 1. The van der Waals surface area contributed by atoms with Gasteiger partial charge in [-0.15, -0.1) is 6.58 Å². The number of methoxy groups -OCH3 is 2. The van der Waals surface area contributed by atoms with Gasteiger partial charge in [-0.25, -0.2) is 8.42 Å². The second-order valence-corrected chi connectivity index (χ2v) is 9.24. The van der Waals surface area contributed by atoms with Crippen molar-refractivity contribution >= 4 is 38.8 Å². The maximum atomic E-state index is 13.4. The summed E-state index contributed by atoms with van der Waals surface area (Å²) in [6, 6.07) is 10.2. The van der Waals surface area contributed by atoms with Crippen LogP contribution >= 0.6 is 11.6 Å². The number of amides is 1. The number of carbonyl (C=O) groups is 1. The van der Waals surface area contributed by atoms with Gasteiger partial charge in [-0.05, 0) is 30.7 Å². The lowest BCUT2D eigenvalue weighted by Gasteiger charge is -2.32. The number of fused-ring (bicyclic) bond motifs is 1. The molecule has 1 amide bonds. The summed E-state index contributed by atoms with van der Waals surface area (Å²) in [5.41, 5.74) is 1.22. The molecule has 0 fully saturated rings. The first-order chi connectivity index (χ1) is 15.8. The summed E-state index contributed by atoms with van der Waals surface area (Å²) in [5, 5.41) is 3.06. The number of hydrogen-bond acceptors (Lipinski definition) is 6. The van der Waals surface area contributed by atoms with Gasteiger partial charge in [0, 0.05) is 11.6 Å². The molecular weight excluding hydrogens is 468 g/mol. The molecule has 176 valence electrons. The number of nitrogens with zero attached hydrogens (tertiary/aromatic N) is 1. The van der Waals surface area contributed by atoms with Gasteiger partial charge in [0.15, 0.2) is 16.4 Å². The van der Waals surface area contributed by atoms with Gasteiger partial charge in [-0.2, -0.15) is 0 Å². The van der Waals surface area contributed by atoms with Crippen molar-refractivity contribution in [2.45, 2.75) is 6.92 Å². The lowest BCUT2D eigenvalue weighted by molar-refractivity contribution is -0.116. The van der Waals surface area contributed by atoms with Crippen LogP contribution in [0.4, 0.5) is 5.69 Å². The quantitative estimate of drug-likeness (QED) is 0.424. The van der Waals surface area contributed by atoms with Crippen molar-refractivity contribution in [3.05, 3.63) is 64.5 Å². The second kappa shape index (κ2) is 10.2. The maximum absolute atomic E-state index is 13.4. The maximum Gasteiger partial charge on any atom is 0.270 e. The summed E-state index contributed by atoms with van der Waals surface area (Å²) in [4.78, 5) is 12.7. The van der Waals surface area contributed by atoms with Crippen LogP contribution in [0.25, 0.3) is 5.57 Å². The first-order valence-electron chi connectivity index (χ1n) is 10.0. The third-order valence-electron chi connectivity index (χ3n) is 5.05. The Morgan fingerprint density at radius 3 is 2.45 bits per heavy atom. The number of para-hydroxylation sites is 1. The Labute approximate surface area is 198 Å². The normalized spacial score (nSPS) is 14.4. The molecule has 0 aliphatic carbocycles. The molecule has 0 atom stereocenters. The molecule has 8 nitrogen and oxygen atoms in total. The monoisotopic (exact) mass is 492 g/mol.